The molecule has 1 saturated heterocycles. The molecule has 5 rings (SSSR count). The first kappa shape index (κ1) is 19.7. The van der Waals surface area contributed by atoms with Crippen molar-refractivity contribution in [2.24, 2.45) is 17.8 Å². The molecule has 8 heteroatoms. The van der Waals surface area contributed by atoms with E-state index < -0.39 is 5.60 Å². The van der Waals surface area contributed by atoms with Crippen LogP contribution in [-0.2, 0) is 11.3 Å². The molecular formula is C22H28ClN5O2. The van der Waals surface area contributed by atoms with Gasteiger partial charge in [-0.1, -0.05) is 11.6 Å². The third kappa shape index (κ3) is 3.75. The number of fused-ring (bicyclic) bond motifs is 1. The summed E-state index contributed by atoms with van der Waals surface area (Å²) in [7, 11) is 0. The molecule has 2 N–H and O–H groups in total. The highest BCUT2D eigenvalue weighted by Crippen LogP contribution is 2.58. The first-order valence-electron chi connectivity index (χ1n) is 10.7. The van der Waals surface area contributed by atoms with Crippen molar-refractivity contribution in [3.63, 3.8) is 0 Å². The van der Waals surface area contributed by atoms with Crippen molar-refractivity contribution in [3.05, 3.63) is 29.0 Å². The number of carbonyl (C=O) groups is 1. The van der Waals surface area contributed by atoms with Gasteiger partial charge >= 0.3 is 6.09 Å². The van der Waals surface area contributed by atoms with Crippen LogP contribution in [0.15, 0.2) is 18.3 Å². The van der Waals surface area contributed by atoms with Crippen LogP contribution in [0.1, 0.15) is 45.2 Å². The van der Waals surface area contributed by atoms with Crippen molar-refractivity contribution < 1.29 is 9.53 Å². The van der Waals surface area contributed by atoms with Gasteiger partial charge in [0.1, 0.15) is 11.4 Å². The molecule has 0 unspecified atom stereocenters. The molecular weight excluding hydrogens is 402 g/mol. The Hall–Kier alpha value is -2.28. The Morgan fingerprint density at radius 1 is 1.27 bits per heavy atom. The van der Waals surface area contributed by atoms with Crippen molar-refractivity contribution in [3.8, 4) is 11.3 Å². The molecule has 0 bridgehead atoms. The molecule has 3 heterocycles. The molecule has 30 heavy (non-hydrogen) atoms. The number of rotatable bonds is 4. The number of nitrogen functional groups attached to an aromatic ring is 1. The van der Waals surface area contributed by atoms with Gasteiger partial charge in [0.05, 0.1) is 10.7 Å². The van der Waals surface area contributed by atoms with Crippen molar-refractivity contribution in [2.75, 3.05) is 18.8 Å². The summed E-state index contributed by atoms with van der Waals surface area (Å²) in [4.78, 5) is 18.4. The molecule has 2 aliphatic carbocycles. The van der Waals surface area contributed by atoms with E-state index in [1.54, 1.807) is 6.20 Å². The van der Waals surface area contributed by atoms with Gasteiger partial charge in [0.15, 0.2) is 0 Å². The van der Waals surface area contributed by atoms with E-state index in [0.29, 0.717) is 28.6 Å². The predicted octanol–water partition coefficient (Wildman–Crippen LogP) is 4.17. The van der Waals surface area contributed by atoms with Gasteiger partial charge in [-0.2, -0.15) is 5.10 Å². The van der Waals surface area contributed by atoms with E-state index in [0.717, 1.165) is 36.8 Å². The molecule has 1 aliphatic heterocycles. The zero-order chi connectivity index (χ0) is 21.2. The molecule has 2 aromatic heterocycles. The number of ether oxygens (including phenoxy) is 1. The van der Waals surface area contributed by atoms with Crippen molar-refractivity contribution >= 4 is 23.5 Å². The fourth-order valence-corrected chi connectivity index (χ4v) is 4.73. The normalized spacial score (nSPS) is 25.3. The maximum absolute atomic E-state index is 12.4. The molecule has 2 aromatic rings. The summed E-state index contributed by atoms with van der Waals surface area (Å²) in [6.45, 7) is 8.17. The van der Waals surface area contributed by atoms with E-state index in [1.165, 1.54) is 18.5 Å². The molecule has 0 radical (unpaired) electrons. The van der Waals surface area contributed by atoms with Crippen LogP contribution in [-0.4, -0.2) is 44.4 Å². The first-order valence-corrected chi connectivity index (χ1v) is 11.0. The molecule has 1 amide bonds. The number of nitrogens with zero attached hydrogens (tertiary/aromatic N) is 4. The molecule has 2 saturated carbocycles. The maximum Gasteiger partial charge on any atom is 0.410 e. The van der Waals surface area contributed by atoms with Gasteiger partial charge in [0, 0.05) is 43.0 Å². The summed E-state index contributed by atoms with van der Waals surface area (Å²) in [6, 6.07) is 4.00. The van der Waals surface area contributed by atoms with Crippen LogP contribution in [0.2, 0.25) is 5.02 Å². The van der Waals surface area contributed by atoms with E-state index in [9.17, 15) is 4.79 Å². The van der Waals surface area contributed by atoms with Crippen LogP contribution in [0.25, 0.3) is 11.3 Å². The molecule has 7 nitrogen and oxygen atoms in total. The van der Waals surface area contributed by atoms with Crippen LogP contribution >= 0.6 is 11.6 Å². The number of anilines is 1. The lowest BCUT2D eigenvalue weighted by molar-refractivity contribution is 0.0270. The Kier molecular flexibility index (Phi) is 4.51. The second kappa shape index (κ2) is 6.87. The van der Waals surface area contributed by atoms with Crippen molar-refractivity contribution in [1.82, 2.24) is 19.7 Å². The summed E-state index contributed by atoms with van der Waals surface area (Å²) in [5.41, 5.74) is 8.33. The Morgan fingerprint density at radius 2 is 1.97 bits per heavy atom. The average Bonchev–Trinajstić information content (AvgIpc) is 3.50. The van der Waals surface area contributed by atoms with Crippen LogP contribution < -0.4 is 5.73 Å². The van der Waals surface area contributed by atoms with Crippen molar-refractivity contribution in [2.45, 2.75) is 51.7 Å². The standard InChI is InChI=1S/C22H28ClN5O2/c1-22(2,3)30-21(29)27-10-14-15(11-27)19(14)18-7-17(26-28(18)9-12-4-5-12)13-6-16(23)20(24)25-8-13/h6-8,12,14-15,19H,4-5,9-11H2,1-3H3,(H2,24,25)/t14-,15+,19+. The van der Waals surface area contributed by atoms with E-state index in [-0.39, 0.29) is 6.09 Å². The Labute approximate surface area is 181 Å². The lowest BCUT2D eigenvalue weighted by Gasteiger charge is -2.26. The monoisotopic (exact) mass is 429 g/mol. The zero-order valence-electron chi connectivity index (χ0n) is 17.6. The third-order valence-corrected chi connectivity index (χ3v) is 6.59. The van der Waals surface area contributed by atoms with E-state index in [1.807, 2.05) is 31.7 Å². The fraction of sp³-hybridized carbons (Fsp3) is 0.591. The lowest BCUT2D eigenvalue weighted by Crippen LogP contribution is -2.37. The summed E-state index contributed by atoms with van der Waals surface area (Å²) >= 11 is 6.18. The SMILES string of the molecule is CC(C)(C)OC(=O)N1C[C@@H]2[C@H](C1)[C@H]2c1cc(-c2cnc(N)c(Cl)c2)nn1CC1CC1. The van der Waals surface area contributed by atoms with E-state index in [4.69, 9.17) is 27.2 Å². The van der Waals surface area contributed by atoms with Crippen molar-refractivity contribution in [1.29, 1.82) is 0 Å². The topological polar surface area (TPSA) is 86.3 Å². The number of amides is 1. The summed E-state index contributed by atoms with van der Waals surface area (Å²) in [6.07, 6.45) is 4.07. The number of aromatic nitrogens is 3. The smallest absolute Gasteiger partial charge is 0.410 e. The molecule has 160 valence electrons. The average molecular weight is 430 g/mol. The van der Waals surface area contributed by atoms with Gasteiger partial charge in [0.25, 0.3) is 0 Å². The van der Waals surface area contributed by atoms with E-state index >= 15 is 0 Å². The number of carbonyl (C=O) groups excluding carboxylic acids is 1. The first-order chi connectivity index (χ1) is 14.2. The molecule has 3 fully saturated rings. The zero-order valence-corrected chi connectivity index (χ0v) is 18.4. The quantitative estimate of drug-likeness (QED) is 0.788. The summed E-state index contributed by atoms with van der Waals surface area (Å²) in [5.74, 6) is 2.46. The highest BCUT2D eigenvalue weighted by molar-refractivity contribution is 6.33. The van der Waals surface area contributed by atoms with Gasteiger partial charge in [-0.05, 0) is 63.5 Å². The second-order valence-corrected chi connectivity index (χ2v) is 10.3. The third-order valence-electron chi connectivity index (χ3n) is 6.29. The number of pyridine rings is 1. The number of hydrogen-bond donors (Lipinski definition) is 1. The Morgan fingerprint density at radius 3 is 2.57 bits per heavy atom. The minimum Gasteiger partial charge on any atom is -0.444 e. The van der Waals surface area contributed by atoms with Gasteiger partial charge in [-0.15, -0.1) is 0 Å². The van der Waals surface area contributed by atoms with Gasteiger partial charge in [-0.3, -0.25) is 4.68 Å². The lowest BCUT2D eigenvalue weighted by atomic mass is 10.1. The largest absolute Gasteiger partial charge is 0.444 e. The molecule has 3 atom stereocenters. The highest BCUT2D eigenvalue weighted by Gasteiger charge is 2.59. The summed E-state index contributed by atoms with van der Waals surface area (Å²) in [5, 5.41) is 5.34. The Balaban J connectivity index is 1.35. The second-order valence-electron chi connectivity index (χ2n) is 9.91. The number of piperidine rings is 1. The van der Waals surface area contributed by atoms with Crippen LogP contribution in [0.5, 0.6) is 0 Å². The molecule has 3 aliphatic rings. The molecule has 0 spiro atoms. The number of nitrogens with two attached hydrogens (primary N) is 1. The van der Waals surface area contributed by atoms with Gasteiger partial charge in [-0.25, -0.2) is 9.78 Å². The number of likely N-dealkylation sites (tertiary alicyclic amines) is 1. The van der Waals surface area contributed by atoms with Crippen LogP contribution in [0.3, 0.4) is 0 Å². The minimum atomic E-state index is -0.463. The van der Waals surface area contributed by atoms with Crippen LogP contribution in [0.4, 0.5) is 10.6 Å². The van der Waals surface area contributed by atoms with Crippen LogP contribution in [0, 0.1) is 17.8 Å². The van der Waals surface area contributed by atoms with E-state index in [2.05, 4.69) is 15.7 Å². The minimum absolute atomic E-state index is 0.205. The molecule has 0 aromatic carbocycles. The predicted molar refractivity (Wildman–Crippen MR) is 115 cm³/mol. The number of hydrogen-bond acceptors (Lipinski definition) is 5. The number of halogens is 1. The highest BCUT2D eigenvalue weighted by atomic mass is 35.5. The van der Waals surface area contributed by atoms with Gasteiger partial charge < -0.3 is 15.4 Å². The van der Waals surface area contributed by atoms with Gasteiger partial charge in [0.2, 0.25) is 0 Å². The fourth-order valence-electron chi connectivity index (χ4n) is 4.56. The Bertz CT molecular complexity index is 982. The maximum atomic E-state index is 12.4. The summed E-state index contributed by atoms with van der Waals surface area (Å²) < 4.78 is 7.72.